The predicted molar refractivity (Wildman–Crippen MR) is 78.9 cm³/mol. The SMILES string of the molecule is COCCN(CCC(=N)N)S(=O)(=O)N1CCC(C)CC1. The largest absolute Gasteiger partial charge is 0.388 e. The number of ether oxygens (including phenoxy) is 1. The first-order valence-corrected chi connectivity index (χ1v) is 8.34. The molecular formula is C12H26N4O3S. The quantitative estimate of drug-likeness (QED) is 0.495. The van der Waals surface area contributed by atoms with Crippen molar-refractivity contribution < 1.29 is 13.2 Å². The van der Waals surface area contributed by atoms with Gasteiger partial charge in [-0.3, -0.25) is 5.41 Å². The van der Waals surface area contributed by atoms with Crippen LogP contribution in [0.5, 0.6) is 0 Å². The first-order chi connectivity index (χ1) is 9.37. The molecule has 1 aliphatic rings. The van der Waals surface area contributed by atoms with Crippen molar-refractivity contribution >= 4 is 16.0 Å². The maximum Gasteiger partial charge on any atom is 0.282 e. The Bertz CT molecular complexity index is 405. The van der Waals surface area contributed by atoms with Gasteiger partial charge in [-0.15, -0.1) is 0 Å². The standard InChI is InChI=1S/C12H26N4O3S/c1-11-3-6-15(7-4-11)20(17,18)16(9-10-19-2)8-5-12(13)14/h11H,3-10H2,1-2H3,(H3,13,14). The molecule has 118 valence electrons. The summed E-state index contributed by atoms with van der Waals surface area (Å²) in [5.41, 5.74) is 5.33. The number of hydrogen-bond donors (Lipinski definition) is 2. The zero-order chi connectivity index (χ0) is 15.2. The summed E-state index contributed by atoms with van der Waals surface area (Å²) < 4.78 is 33.1. The van der Waals surface area contributed by atoms with E-state index in [1.54, 1.807) is 7.11 Å². The van der Waals surface area contributed by atoms with Crippen LogP contribution < -0.4 is 5.73 Å². The van der Waals surface area contributed by atoms with Crippen LogP contribution >= 0.6 is 0 Å². The lowest BCUT2D eigenvalue weighted by atomic mass is 10.0. The highest BCUT2D eigenvalue weighted by Crippen LogP contribution is 2.20. The van der Waals surface area contributed by atoms with E-state index in [0.717, 1.165) is 12.8 Å². The number of nitrogens with zero attached hydrogens (tertiary/aromatic N) is 2. The lowest BCUT2D eigenvalue weighted by molar-refractivity contribution is 0.174. The van der Waals surface area contributed by atoms with Crippen LogP contribution in [-0.2, 0) is 14.9 Å². The maximum atomic E-state index is 12.6. The lowest BCUT2D eigenvalue weighted by Gasteiger charge is -2.34. The minimum Gasteiger partial charge on any atom is -0.388 e. The molecule has 1 aliphatic heterocycles. The van der Waals surface area contributed by atoms with E-state index in [-0.39, 0.29) is 25.3 Å². The number of nitrogens with one attached hydrogen (secondary N) is 1. The summed E-state index contributed by atoms with van der Waals surface area (Å²) in [7, 11) is -1.94. The van der Waals surface area contributed by atoms with Crippen LogP contribution in [0.2, 0.25) is 0 Å². The Morgan fingerprint density at radius 1 is 1.40 bits per heavy atom. The first kappa shape index (κ1) is 17.4. The third kappa shape index (κ3) is 5.01. The minimum atomic E-state index is -3.48. The fourth-order valence-electron chi connectivity index (χ4n) is 2.16. The molecule has 0 aromatic heterocycles. The molecular weight excluding hydrogens is 280 g/mol. The van der Waals surface area contributed by atoms with Gasteiger partial charge in [-0.2, -0.15) is 17.0 Å². The van der Waals surface area contributed by atoms with E-state index in [9.17, 15) is 8.42 Å². The van der Waals surface area contributed by atoms with Gasteiger partial charge < -0.3 is 10.5 Å². The molecule has 0 bridgehead atoms. The Balaban J connectivity index is 2.72. The van der Waals surface area contributed by atoms with E-state index in [4.69, 9.17) is 15.9 Å². The highest BCUT2D eigenvalue weighted by atomic mass is 32.2. The predicted octanol–water partition coefficient (Wildman–Crippen LogP) is 0.238. The molecule has 8 heteroatoms. The molecule has 0 atom stereocenters. The van der Waals surface area contributed by atoms with Gasteiger partial charge in [0.2, 0.25) is 0 Å². The molecule has 0 unspecified atom stereocenters. The summed E-state index contributed by atoms with van der Waals surface area (Å²) in [6.07, 6.45) is 2.03. The molecule has 0 spiro atoms. The molecule has 1 rings (SSSR count). The van der Waals surface area contributed by atoms with E-state index in [1.807, 2.05) is 0 Å². The Hall–Kier alpha value is -0.700. The van der Waals surface area contributed by atoms with Crippen molar-refractivity contribution in [2.24, 2.45) is 11.7 Å². The highest BCUT2D eigenvalue weighted by molar-refractivity contribution is 7.86. The van der Waals surface area contributed by atoms with Crippen molar-refractivity contribution in [2.45, 2.75) is 26.2 Å². The van der Waals surface area contributed by atoms with Crippen molar-refractivity contribution in [3.63, 3.8) is 0 Å². The zero-order valence-corrected chi connectivity index (χ0v) is 13.2. The van der Waals surface area contributed by atoms with Crippen LogP contribution in [-0.4, -0.2) is 62.8 Å². The molecule has 20 heavy (non-hydrogen) atoms. The number of amidine groups is 1. The monoisotopic (exact) mass is 306 g/mol. The van der Waals surface area contributed by atoms with Crippen LogP contribution in [0.1, 0.15) is 26.2 Å². The summed E-state index contributed by atoms with van der Waals surface area (Å²) in [6.45, 7) is 4.12. The Kier molecular flexibility index (Phi) is 6.87. The van der Waals surface area contributed by atoms with Crippen LogP contribution in [0.25, 0.3) is 0 Å². The Labute approximate surface area is 121 Å². The lowest BCUT2D eigenvalue weighted by Crippen LogP contribution is -2.48. The molecule has 1 fully saturated rings. The Morgan fingerprint density at radius 3 is 2.50 bits per heavy atom. The summed E-state index contributed by atoms with van der Waals surface area (Å²) >= 11 is 0. The summed E-state index contributed by atoms with van der Waals surface area (Å²) in [5.74, 6) is 0.570. The Morgan fingerprint density at radius 2 is 2.00 bits per heavy atom. The average molecular weight is 306 g/mol. The van der Waals surface area contributed by atoms with Crippen LogP contribution in [0.4, 0.5) is 0 Å². The molecule has 1 heterocycles. The van der Waals surface area contributed by atoms with Crippen molar-refractivity contribution in [1.29, 1.82) is 5.41 Å². The average Bonchev–Trinajstić information content (AvgIpc) is 2.38. The smallest absolute Gasteiger partial charge is 0.282 e. The molecule has 1 saturated heterocycles. The van der Waals surface area contributed by atoms with Gasteiger partial charge >= 0.3 is 0 Å². The normalized spacial score (nSPS) is 18.6. The topological polar surface area (TPSA) is 99.7 Å². The van der Waals surface area contributed by atoms with Crippen LogP contribution in [0.15, 0.2) is 0 Å². The number of nitrogens with two attached hydrogens (primary N) is 1. The van der Waals surface area contributed by atoms with Gasteiger partial charge in [0.15, 0.2) is 0 Å². The maximum absolute atomic E-state index is 12.6. The number of methoxy groups -OCH3 is 1. The van der Waals surface area contributed by atoms with E-state index >= 15 is 0 Å². The second-order valence-electron chi connectivity index (χ2n) is 5.26. The zero-order valence-electron chi connectivity index (χ0n) is 12.3. The molecule has 3 N–H and O–H groups in total. The van der Waals surface area contributed by atoms with Crippen molar-refractivity contribution in [1.82, 2.24) is 8.61 Å². The van der Waals surface area contributed by atoms with Gasteiger partial charge in [-0.25, -0.2) is 0 Å². The van der Waals surface area contributed by atoms with Crippen LogP contribution in [0, 0.1) is 11.3 Å². The molecule has 0 amide bonds. The third-order valence-electron chi connectivity index (χ3n) is 3.57. The van der Waals surface area contributed by atoms with Gasteiger partial charge in [0.05, 0.1) is 12.4 Å². The van der Waals surface area contributed by atoms with Crippen molar-refractivity contribution in [3.05, 3.63) is 0 Å². The van der Waals surface area contributed by atoms with Crippen molar-refractivity contribution in [3.8, 4) is 0 Å². The third-order valence-corrected chi connectivity index (χ3v) is 5.61. The van der Waals surface area contributed by atoms with E-state index in [0.29, 0.717) is 25.6 Å². The fourth-order valence-corrected chi connectivity index (χ4v) is 3.79. The molecule has 0 aromatic rings. The van der Waals surface area contributed by atoms with Gasteiger partial charge in [0.1, 0.15) is 0 Å². The fraction of sp³-hybridized carbons (Fsp3) is 0.917. The van der Waals surface area contributed by atoms with Gasteiger partial charge in [-0.05, 0) is 18.8 Å². The van der Waals surface area contributed by atoms with Crippen molar-refractivity contribution in [2.75, 3.05) is 39.9 Å². The van der Waals surface area contributed by atoms with Gasteiger partial charge in [0.25, 0.3) is 10.2 Å². The summed E-state index contributed by atoms with van der Waals surface area (Å²) in [6, 6.07) is 0. The number of rotatable bonds is 8. The van der Waals surface area contributed by atoms with Crippen LogP contribution in [0.3, 0.4) is 0 Å². The first-order valence-electron chi connectivity index (χ1n) is 6.95. The minimum absolute atomic E-state index is 0.00474. The number of piperidine rings is 1. The second kappa shape index (κ2) is 7.92. The molecule has 0 radical (unpaired) electrons. The summed E-state index contributed by atoms with van der Waals surface area (Å²) in [5, 5.41) is 7.25. The van der Waals surface area contributed by atoms with E-state index in [2.05, 4.69) is 6.92 Å². The number of hydrogen-bond acceptors (Lipinski definition) is 4. The second-order valence-corrected chi connectivity index (χ2v) is 7.18. The van der Waals surface area contributed by atoms with Gasteiger partial charge in [0, 0.05) is 39.7 Å². The van der Waals surface area contributed by atoms with E-state index in [1.165, 1.54) is 8.61 Å². The molecule has 0 saturated carbocycles. The highest BCUT2D eigenvalue weighted by Gasteiger charge is 2.31. The molecule has 0 aliphatic carbocycles. The molecule has 7 nitrogen and oxygen atoms in total. The molecule has 0 aromatic carbocycles. The summed E-state index contributed by atoms with van der Waals surface area (Å²) in [4.78, 5) is 0. The van der Waals surface area contributed by atoms with Gasteiger partial charge in [-0.1, -0.05) is 6.92 Å². The van der Waals surface area contributed by atoms with E-state index < -0.39 is 10.2 Å².